The van der Waals surface area contributed by atoms with Crippen LogP contribution in [0.5, 0.6) is 5.75 Å². The van der Waals surface area contributed by atoms with Gasteiger partial charge in [-0.25, -0.2) is 0 Å². The molecule has 0 saturated carbocycles. The molecule has 1 heterocycles. The number of ketones is 1. The Balaban J connectivity index is 2.15. The first-order valence-electron chi connectivity index (χ1n) is 6.85. The molecule has 1 aliphatic rings. The second-order valence-electron chi connectivity index (χ2n) is 6.87. The van der Waals surface area contributed by atoms with Gasteiger partial charge in [-0.2, -0.15) is 0 Å². The van der Waals surface area contributed by atoms with E-state index in [0.29, 0.717) is 18.1 Å². The maximum Gasteiger partial charge on any atom is 0.250 e. The molecule has 20 heavy (non-hydrogen) atoms. The van der Waals surface area contributed by atoms with Gasteiger partial charge in [-0.05, 0) is 36.3 Å². The molecular weight excluding hydrogens is 290 g/mol. The molecule has 1 aromatic rings. The van der Waals surface area contributed by atoms with Crippen molar-refractivity contribution in [2.75, 3.05) is 18.0 Å². The Kier molecular flexibility index (Phi) is 3.91. The highest BCUT2D eigenvalue weighted by Gasteiger charge is 2.39. The van der Waals surface area contributed by atoms with Crippen molar-refractivity contribution in [1.82, 2.24) is 0 Å². The van der Waals surface area contributed by atoms with E-state index in [9.17, 15) is 4.79 Å². The molecule has 1 aliphatic heterocycles. The molecular formula is C15H22ClNO2Si. The van der Waals surface area contributed by atoms with Crippen LogP contribution in [0.2, 0.25) is 23.2 Å². The van der Waals surface area contributed by atoms with E-state index in [0.717, 1.165) is 11.4 Å². The van der Waals surface area contributed by atoms with Crippen LogP contribution in [0.4, 0.5) is 5.69 Å². The van der Waals surface area contributed by atoms with E-state index in [4.69, 9.17) is 16.0 Å². The quantitative estimate of drug-likeness (QED) is 0.787. The molecule has 0 amide bonds. The van der Waals surface area contributed by atoms with E-state index in [1.54, 1.807) is 0 Å². The van der Waals surface area contributed by atoms with Gasteiger partial charge in [-0.3, -0.25) is 4.79 Å². The lowest BCUT2D eigenvalue weighted by Gasteiger charge is -2.37. The Morgan fingerprint density at radius 2 is 1.85 bits per heavy atom. The van der Waals surface area contributed by atoms with E-state index in [2.05, 4.69) is 33.9 Å². The SMILES string of the molecule is CC(C)(C)[Si](C)(C)Oc1ccc(N2CC(=O)C2)c(Cl)c1. The van der Waals surface area contributed by atoms with Crippen LogP contribution in [-0.4, -0.2) is 27.2 Å². The minimum Gasteiger partial charge on any atom is -0.543 e. The van der Waals surface area contributed by atoms with Gasteiger partial charge in [0.25, 0.3) is 0 Å². The number of rotatable bonds is 3. The summed E-state index contributed by atoms with van der Waals surface area (Å²) in [5.41, 5.74) is 0.911. The Morgan fingerprint density at radius 1 is 1.25 bits per heavy atom. The normalized spacial score (nSPS) is 16.1. The summed E-state index contributed by atoms with van der Waals surface area (Å²) in [6, 6.07) is 5.75. The highest BCUT2D eigenvalue weighted by atomic mass is 35.5. The number of halogens is 1. The van der Waals surface area contributed by atoms with Gasteiger partial charge in [-0.1, -0.05) is 32.4 Å². The standard InChI is InChI=1S/C15H22ClNO2Si/c1-15(2,3)20(4,5)19-12-6-7-14(13(16)8-12)17-9-11(18)10-17/h6-8H,9-10H2,1-5H3. The van der Waals surface area contributed by atoms with Crippen molar-refractivity contribution in [2.45, 2.75) is 38.9 Å². The number of anilines is 1. The number of carbonyl (C=O) groups excluding carboxylic acids is 1. The predicted octanol–water partition coefficient (Wildman–Crippen LogP) is 4.11. The van der Waals surface area contributed by atoms with Crippen LogP contribution in [0.1, 0.15) is 20.8 Å². The molecule has 0 aromatic heterocycles. The van der Waals surface area contributed by atoms with Gasteiger partial charge in [0.15, 0.2) is 5.78 Å². The van der Waals surface area contributed by atoms with Crippen LogP contribution in [-0.2, 0) is 4.79 Å². The van der Waals surface area contributed by atoms with Gasteiger partial charge in [0.05, 0.1) is 23.8 Å². The van der Waals surface area contributed by atoms with Gasteiger partial charge in [0.1, 0.15) is 5.75 Å². The van der Waals surface area contributed by atoms with E-state index >= 15 is 0 Å². The van der Waals surface area contributed by atoms with Gasteiger partial charge in [0.2, 0.25) is 8.32 Å². The van der Waals surface area contributed by atoms with Crippen LogP contribution in [0, 0.1) is 0 Å². The summed E-state index contributed by atoms with van der Waals surface area (Å²) in [7, 11) is -1.84. The zero-order valence-corrected chi connectivity index (χ0v) is 14.5. The van der Waals surface area contributed by atoms with E-state index in [1.165, 1.54) is 0 Å². The average molecular weight is 312 g/mol. The molecule has 0 bridgehead atoms. The lowest BCUT2D eigenvalue weighted by Crippen LogP contribution is -2.47. The molecule has 0 radical (unpaired) electrons. The molecule has 1 aromatic carbocycles. The Bertz CT molecular complexity index is 529. The van der Waals surface area contributed by atoms with Gasteiger partial charge < -0.3 is 9.33 Å². The minimum atomic E-state index is -1.84. The summed E-state index contributed by atoms with van der Waals surface area (Å²) >= 11 is 6.31. The van der Waals surface area contributed by atoms with E-state index < -0.39 is 8.32 Å². The van der Waals surface area contributed by atoms with Gasteiger partial charge in [-0.15, -0.1) is 0 Å². The van der Waals surface area contributed by atoms with Gasteiger partial charge >= 0.3 is 0 Å². The Hall–Kier alpha value is -1.00. The summed E-state index contributed by atoms with van der Waals surface area (Å²) in [5, 5.41) is 0.802. The van der Waals surface area contributed by atoms with Crippen molar-refractivity contribution < 1.29 is 9.22 Å². The van der Waals surface area contributed by atoms with Crippen LogP contribution < -0.4 is 9.33 Å². The number of Topliss-reactive ketones (excluding diaryl/α,β-unsaturated/α-hetero) is 1. The highest BCUT2D eigenvalue weighted by Crippen LogP contribution is 2.39. The van der Waals surface area contributed by atoms with Gasteiger partial charge in [0, 0.05) is 0 Å². The molecule has 0 unspecified atom stereocenters. The average Bonchev–Trinajstić information content (AvgIpc) is 2.23. The smallest absolute Gasteiger partial charge is 0.250 e. The van der Waals surface area contributed by atoms with Crippen LogP contribution in [0.3, 0.4) is 0 Å². The van der Waals surface area contributed by atoms with Crippen molar-refractivity contribution >= 4 is 31.4 Å². The predicted molar refractivity (Wildman–Crippen MR) is 86.5 cm³/mol. The summed E-state index contributed by atoms with van der Waals surface area (Å²) in [5.74, 6) is 1.07. The maximum atomic E-state index is 11.1. The maximum absolute atomic E-state index is 11.1. The van der Waals surface area contributed by atoms with Crippen LogP contribution in [0.15, 0.2) is 18.2 Å². The molecule has 2 rings (SSSR count). The molecule has 5 heteroatoms. The first-order valence-corrected chi connectivity index (χ1v) is 10.1. The fraction of sp³-hybridized carbons (Fsp3) is 0.533. The second-order valence-corrected chi connectivity index (χ2v) is 12.0. The van der Waals surface area contributed by atoms with Crippen molar-refractivity contribution in [3.8, 4) is 5.75 Å². The zero-order valence-electron chi connectivity index (χ0n) is 12.8. The molecule has 0 aliphatic carbocycles. The van der Waals surface area contributed by atoms with E-state index in [1.807, 2.05) is 23.1 Å². The molecule has 0 N–H and O–H groups in total. The number of nitrogens with zero attached hydrogens (tertiary/aromatic N) is 1. The van der Waals surface area contributed by atoms with Crippen molar-refractivity contribution in [3.63, 3.8) is 0 Å². The fourth-order valence-electron chi connectivity index (χ4n) is 1.81. The third-order valence-electron chi connectivity index (χ3n) is 4.17. The molecule has 1 saturated heterocycles. The first-order chi connectivity index (χ1) is 9.10. The lowest BCUT2D eigenvalue weighted by molar-refractivity contribution is -0.119. The first kappa shape index (κ1) is 15.4. The second kappa shape index (κ2) is 5.08. The van der Waals surface area contributed by atoms with Crippen LogP contribution in [0.25, 0.3) is 0 Å². The summed E-state index contributed by atoms with van der Waals surface area (Å²) in [6.07, 6.45) is 0. The Morgan fingerprint density at radius 3 is 2.30 bits per heavy atom. The summed E-state index contributed by atoms with van der Waals surface area (Å²) in [6.45, 7) is 12.0. The lowest BCUT2D eigenvalue weighted by atomic mass is 10.1. The number of carbonyl (C=O) groups is 1. The highest BCUT2D eigenvalue weighted by molar-refractivity contribution is 6.74. The largest absolute Gasteiger partial charge is 0.543 e. The number of hydrogen-bond donors (Lipinski definition) is 0. The Labute approximate surface area is 127 Å². The summed E-state index contributed by atoms with van der Waals surface area (Å²) < 4.78 is 6.22. The third-order valence-corrected chi connectivity index (χ3v) is 8.83. The molecule has 1 fully saturated rings. The van der Waals surface area contributed by atoms with Crippen LogP contribution >= 0.6 is 11.6 Å². The van der Waals surface area contributed by atoms with E-state index in [-0.39, 0.29) is 10.8 Å². The van der Waals surface area contributed by atoms with Crippen molar-refractivity contribution in [1.29, 1.82) is 0 Å². The zero-order chi connectivity index (χ0) is 15.1. The minimum absolute atomic E-state index is 0.155. The third kappa shape index (κ3) is 3.01. The molecule has 110 valence electrons. The molecule has 0 atom stereocenters. The number of hydrogen-bond acceptors (Lipinski definition) is 3. The topological polar surface area (TPSA) is 29.5 Å². The molecule has 3 nitrogen and oxygen atoms in total. The van der Waals surface area contributed by atoms with Crippen molar-refractivity contribution in [3.05, 3.63) is 23.2 Å². The monoisotopic (exact) mass is 311 g/mol. The summed E-state index contributed by atoms with van der Waals surface area (Å²) in [4.78, 5) is 13.0. The number of benzene rings is 1. The molecule has 0 spiro atoms. The fourth-order valence-corrected chi connectivity index (χ4v) is 3.12. The van der Waals surface area contributed by atoms with Crippen molar-refractivity contribution in [2.24, 2.45) is 0 Å².